The number of hydrogen-bond acceptors (Lipinski definition) is 4. The number of pyridine rings is 1. The molecule has 0 saturated heterocycles. The van der Waals surface area contributed by atoms with E-state index in [0.29, 0.717) is 0 Å². The highest BCUT2D eigenvalue weighted by molar-refractivity contribution is 5.50. The molecule has 1 aromatic carbocycles. The second-order valence-corrected chi connectivity index (χ2v) is 4.77. The molecule has 1 heterocycles. The van der Waals surface area contributed by atoms with E-state index in [0.717, 1.165) is 34.9 Å². The van der Waals surface area contributed by atoms with Crippen LogP contribution in [0, 0.1) is 6.92 Å². The third-order valence-electron chi connectivity index (χ3n) is 3.49. The van der Waals surface area contributed by atoms with Crippen LogP contribution in [0.5, 0.6) is 11.5 Å². The van der Waals surface area contributed by atoms with Crippen molar-refractivity contribution in [3.8, 4) is 11.5 Å². The Kier molecular flexibility index (Phi) is 5.17. The lowest BCUT2D eigenvalue weighted by atomic mass is 9.98. The molecular weight excluding hydrogens is 264 g/mol. The van der Waals surface area contributed by atoms with Crippen molar-refractivity contribution in [1.29, 1.82) is 0 Å². The number of nitrogens with one attached hydrogen (secondary N) is 1. The minimum atomic E-state index is -0.0673. The third kappa shape index (κ3) is 3.16. The number of ether oxygens (including phenoxy) is 2. The van der Waals surface area contributed by atoms with Gasteiger partial charge < -0.3 is 14.8 Å². The van der Waals surface area contributed by atoms with E-state index < -0.39 is 0 Å². The molecule has 0 aliphatic carbocycles. The van der Waals surface area contributed by atoms with Gasteiger partial charge in [-0.25, -0.2) is 0 Å². The van der Waals surface area contributed by atoms with E-state index in [1.807, 2.05) is 30.5 Å². The number of methoxy groups -OCH3 is 2. The van der Waals surface area contributed by atoms with E-state index in [1.54, 1.807) is 14.2 Å². The Morgan fingerprint density at radius 1 is 1.10 bits per heavy atom. The van der Waals surface area contributed by atoms with Gasteiger partial charge in [-0.15, -0.1) is 0 Å². The normalized spacial score (nSPS) is 12.0. The minimum absolute atomic E-state index is 0.0673. The molecule has 112 valence electrons. The summed E-state index contributed by atoms with van der Waals surface area (Å²) in [7, 11) is 3.35. The molecule has 0 bridgehead atoms. The molecule has 0 amide bonds. The summed E-state index contributed by atoms with van der Waals surface area (Å²) < 4.78 is 11.1. The van der Waals surface area contributed by atoms with Crippen molar-refractivity contribution in [1.82, 2.24) is 10.3 Å². The molecule has 0 saturated carbocycles. The Morgan fingerprint density at radius 3 is 2.29 bits per heavy atom. The van der Waals surface area contributed by atoms with Gasteiger partial charge in [0.25, 0.3) is 0 Å². The maximum atomic E-state index is 5.53. The largest absolute Gasteiger partial charge is 0.496 e. The first kappa shape index (κ1) is 15.3. The van der Waals surface area contributed by atoms with Crippen LogP contribution in [0.25, 0.3) is 0 Å². The first-order chi connectivity index (χ1) is 10.2. The summed E-state index contributed by atoms with van der Waals surface area (Å²) in [4.78, 5) is 4.55. The molecule has 4 nitrogen and oxygen atoms in total. The van der Waals surface area contributed by atoms with Gasteiger partial charge in [-0.1, -0.05) is 19.1 Å². The number of aromatic nitrogens is 1. The SMILES string of the molecule is CCNC(c1ncccc1C)c1c(OC)cccc1OC. The zero-order valence-corrected chi connectivity index (χ0v) is 13.0. The molecule has 0 aliphatic heterocycles. The van der Waals surface area contributed by atoms with Crippen molar-refractivity contribution in [3.05, 3.63) is 53.3 Å². The molecule has 0 fully saturated rings. The molecule has 0 radical (unpaired) electrons. The van der Waals surface area contributed by atoms with Crippen molar-refractivity contribution in [3.63, 3.8) is 0 Å². The molecule has 1 N–H and O–H groups in total. The fourth-order valence-electron chi connectivity index (χ4n) is 2.50. The van der Waals surface area contributed by atoms with Gasteiger partial charge in [0.1, 0.15) is 11.5 Å². The monoisotopic (exact) mass is 286 g/mol. The molecule has 21 heavy (non-hydrogen) atoms. The fourth-order valence-corrected chi connectivity index (χ4v) is 2.50. The van der Waals surface area contributed by atoms with Crippen LogP contribution >= 0.6 is 0 Å². The summed E-state index contributed by atoms with van der Waals surface area (Å²) in [6.45, 7) is 4.96. The standard InChI is InChI=1S/C17H22N2O2/c1-5-18-17(16-12(2)8-7-11-19-16)15-13(20-3)9-6-10-14(15)21-4/h6-11,17-18H,5H2,1-4H3. The van der Waals surface area contributed by atoms with Gasteiger partial charge in [-0.2, -0.15) is 0 Å². The first-order valence-corrected chi connectivity index (χ1v) is 7.08. The summed E-state index contributed by atoms with van der Waals surface area (Å²) in [5.41, 5.74) is 3.10. The van der Waals surface area contributed by atoms with Crippen LogP contribution in [-0.2, 0) is 0 Å². The maximum Gasteiger partial charge on any atom is 0.127 e. The number of aryl methyl sites for hydroxylation is 1. The number of nitrogens with zero attached hydrogens (tertiary/aromatic N) is 1. The van der Waals surface area contributed by atoms with E-state index in [2.05, 4.69) is 30.2 Å². The second kappa shape index (κ2) is 7.09. The van der Waals surface area contributed by atoms with E-state index in [9.17, 15) is 0 Å². The predicted molar refractivity (Wildman–Crippen MR) is 84.0 cm³/mol. The van der Waals surface area contributed by atoms with Crippen molar-refractivity contribution in [2.75, 3.05) is 20.8 Å². The van der Waals surface area contributed by atoms with Crippen LogP contribution in [0.3, 0.4) is 0 Å². The zero-order chi connectivity index (χ0) is 15.2. The topological polar surface area (TPSA) is 43.4 Å². The molecule has 0 aliphatic rings. The summed E-state index contributed by atoms with van der Waals surface area (Å²) >= 11 is 0. The fraction of sp³-hybridized carbons (Fsp3) is 0.353. The lowest BCUT2D eigenvalue weighted by molar-refractivity contribution is 0.376. The highest BCUT2D eigenvalue weighted by atomic mass is 16.5. The van der Waals surface area contributed by atoms with Gasteiger partial charge in [0, 0.05) is 6.20 Å². The van der Waals surface area contributed by atoms with E-state index in [4.69, 9.17) is 9.47 Å². The average molecular weight is 286 g/mol. The van der Waals surface area contributed by atoms with Gasteiger partial charge in [0.05, 0.1) is 31.5 Å². The molecule has 4 heteroatoms. The lowest BCUT2D eigenvalue weighted by Crippen LogP contribution is -2.25. The van der Waals surface area contributed by atoms with Gasteiger partial charge in [-0.05, 0) is 37.2 Å². The Bertz CT molecular complexity index is 577. The van der Waals surface area contributed by atoms with Gasteiger partial charge >= 0.3 is 0 Å². The number of benzene rings is 1. The molecule has 1 atom stereocenters. The smallest absolute Gasteiger partial charge is 0.127 e. The molecule has 2 aromatic rings. The summed E-state index contributed by atoms with van der Waals surface area (Å²) in [5.74, 6) is 1.59. The summed E-state index contributed by atoms with van der Waals surface area (Å²) in [6.07, 6.45) is 1.81. The van der Waals surface area contributed by atoms with Crippen LogP contribution in [0.1, 0.15) is 29.8 Å². The highest BCUT2D eigenvalue weighted by Crippen LogP contribution is 2.37. The highest BCUT2D eigenvalue weighted by Gasteiger charge is 2.24. The number of rotatable bonds is 6. The molecule has 2 rings (SSSR count). The van der Waals surface area contributed by atoms with Crippen LogP contribution in [0.4, 0.5) is 0 Å². The maximum absolute atomic E-state index is 5.53. The van der Waals surface area contributed by atoms with Gasteiger partial charge in [-0.3, -0.25) is 4.98 Å². The number of hydrogen-bond donors (Lipinski definition) is 1. The summed E-state index contributed by atoms with van der Waals surface area (Å²) in [5, 5.41) is 3.48. The van der Waals surface area contributed by atoms with E-state index >= 15 is 0 Å². The Labute approximate surface area is 126 Å². The van der Waals surface area contributed by atoms with Crippen LogP contribution in [0.2, 0.25) is 0 Å². The van der Waals surface area contributed by atoms with Gasteiger partial charge in [0.15, 0.2) is 0 Å². The molecule has 1 aromatic heterocycles. The van der Waals surface area contributed by atoms with Crippen molar-refractivity contribution in [2.45, 2.75) is 19.9 Å². The van der Waals surface area contributed by atoms with Crippen molar-refractivity contribution >= 4 is 0 Å². The van der Waals surface area contributed by atoms with Crippen molar-refractivity contribution < 1.29 is 9.47 Å². The van der Waals surface area contributed by atoms with Crippen LogP contribution in [-0.4, -0.2) is 25.7 Å². The lowest BCUT2D eigenvalue weighted by Gasteiger charge is -2.23. The second-order valence-electron chi connectivity index (χ2n) is 4.77. The molecule has 1 unspecified atom stereocenters. The van der Waals surface area contributed by atoms with Crippen molar-refractivity contribution in [2.24, 2.45) is 0 Å². The predicted octanol–water partition coefficient (Wildman–Crippen LogP) is 3.11. The van der Waals surface area contributed by atoms with E-state index in [-0.39, 0.29) is 6.04 Å². The third-order valence-corrected chi connectivity index (χ3v) is 3.49. The van der Waals surface area contributed by atoms with Crippen LogP contribution in [0.15, 0.2) is 36.5 Å². The molecular formula is C17H22N2O2. The van der Waals surface area contributed by atoms with Crippen LogP contribution < -0.4 is 14.8 Å². The van der Waals surface area contributed by atoms with Gasteiger partial charge in [0.2, 0.25) is 0 Å². The quantitative estimate of drug-likeness (QED) is 0.886. The minimum Gasteiger partial charge on any atom is -0.496 e. The Morgan fingerprint density at radius 2 is 1.76 bits per heavy atom. The first-order valence-electron chi connectivity index (χ1n) is 7.08. The summed E-state index contributed by atoms with van der Waals surface area (Å²) in [6, 6.07) is 9.76. The molecule has 0 spiro atoms. The van der Waals surface area contributed by atoms with E-state index in [1.165, 1.54) is 0 Å². The zero-order valence-electron chi connectivity index (χ0n) is 13.0. The average Bonchev–Trinajstić information content (AvgIpc) is 2.52. The Hall–Kier alpha value is -2.07. The Balaban J connectivity index is 2.61.